The van der Waals surface area contributed by atoms with E-state index in [0.717, 1.165) is 4.47 Å². The molecule has 1 aliphatic rings. The first-order valence-corrected chi connectivity index (χ1v) is 9.00. The summed E-state index contributed by atoms with van der Waals surface area (Å²) in [7, 11) is 0. The number of carbonyl (C=O) groups is 3. The quantitative estimate of drug-likeness (QED) is 0.733. The molecule has 2 amide bonds. The molecule has 2 aromatic carbocycles. The molecule has 0 aromatic heterocycles. The summed E-state index contributed by atoms with van der Waals surface area (Å²) in [6.07, 6.45) is -0.0818. The predicted octanol–water partition coefficient (Wildman–Crippen LogP) is 3.12. The lowest BCUT2D eigenvalue weighted by Crippen LogP contribution is -2.28. The molecule has 0 saturated carbocycles. The lowest BCUT2D eigenvalue weighted by molar-refractivity contribution is -0.151. The van der Waals surface area contributed by atoms with E-state index in [9.17, 15) is 18.8 Å². The van der Waals surface area contributed by atoms with E-state index in [-0.39, 0.29) is 24.6 Å². The molecule has 140 valence electrons. The van der Waals surface area contributed by atoms with Crippen molar-refractivity contribution in [1.29, 1.82) is 0 Å². The van der Waals surface area contributed by atoms with Crippen LogP contribution in [0.15, 0.2) is 53.0 Å². The smallest absolute Gasteiger partial charge is 0.311 e. The molecule has 1 heterocycles. The highest BCUT2D eigenvalue weighted by molar-refractivity contribution is 9.10. The zero-order chi connectivity index (χ0) is 19.4. The van der Waals surface area contributed by atoms with Gasteiger partial charge in [0.15, 0.2) is 6.61 Å². The zero-order valence-electron chi connectivity index (χ0n) is 14.2. The van der Waals surface area contributed by atoms with Gasteiger partial charge in [-0.1, -0.05) is 28.1 Å². The van der Waals surface area contributed by atoms with Crippen LogP contribution in [0, 0.1) is 11.7 Å². The van der Waals surface area contributed by atoms with Crippen LogP contribution < -0.4 is 10.2 Å². The number of amides is 2. The molecule has 0 bridgehead atoms. The van der Waals surface area contributed by atoms with Crippen molar-refractivity contribution < 1.29 is 23.5 Å². The van der Waals surface area contributed by atoms with Gasteiger partial charge in [-0.3, -0.25) is 14.4 Å². The monoisotopic (exact) mass is 434 g/mol. The fraction of sp³-hybridized carbons (Fsp3) is 0.211. The maximum Gasteiger partial charge on any atom is 0.311 e. The number of hydrogen-bond donors (Lipinski definition) is 1. The van der Waals surface area contributed by atoms with E-state index in [4.69, 9.17) is 4.74 Å². The fourth-order valence-electron chi connectivity index (χ4n) is 2.75. The lowest BCUT2D eigenvalue weighted by Gasteiger charge is -2.17. The molecule has 1 saturated heterocycles. The average Bonchev–Trinajstić information content (AvgIpc) is 3.04. The standard InChI is InChI=1S/C19H16BrFN2O4/c20-13-5-7-14(8-6-13)22-17(24)11-27-19(26)12-9-18(25)23(10-12)16-4-2-1-3-15(16)21/h1-8,12H,9-11H2,(H,22,24)/t12-/m1/s1. The molecule has 0 radical (unpaired) electrons. The fourth-order valence-corrected chi connectivity index (χ4v) is 3.02. The van der Waals surface area contributed by atoms with Crippen LogP contribution in [0.4, 0.5) is 15.8 Å². The number of nitrogens with one attached hydrogen (secondary N) is 1. The maximum absolute atomic E-state index is 13.9. The van der Waals surface area contributed by atoms with Crippen LogP contribution in [-0.2, 0) is 19.1 Å². The average molecular weight is 435 g/mol. The summed E-state index contributed by atoms with van der Waals surface area (Å²) in [5, 5.41) is 2.60. The van der Waals surface area contributed by atoms with Gasteiger partial charge in [-0.15, -0.1) is 0 Å². The Morgan fingerprint density at radius 2 is 1.89 bits per heavy atom. The first-order valence-electron chi connectivity index (χ1n) is 8.21. The highest BCUT2D eigenvalue weighted by atomic mass is 79.9. The van der Waals surface area contributed by atoms with Crippen molar-refractivity contribution in [2.45, 2.75) is 6.42 Å². The van der Waals surface area contributed by atoms with Crippen molar-refractivity contribution in [2.24, 2.45) is 5.92 Å². The summed E-state index contributed by atoms with van der Waals surface area (Å²) in [6, 6.07) is 12.8. The van der Waals surface area contributed by atoms with Crippen LogP contribution in [0.5, 0.6) is 0 Å². The molecule has 1 N–H and O–H groups in total. The largest absolute Gasteiger partial charge is 0.455 e. The number of nitrogens with zero attached hydrogens (tertiary/aromatic N) is 1. The van der Waals surface area contributed by atoms with Gasteiger partial charge in [-0.2, -0.15) is 0 Å². The van der Waals surface area contributed by atoms with E-state index in [0.29, 0.717) is 5.69 Å². The molecule has 1 fully saturated rings. The number of carbonyl (C=O) groups excluding carboxylic acids is 3. The Morgan fingerprint density at radius 3 is 2.59 bits per heavy atom. The van der Waals surface area contributed by atoms with E-state index in [2.05, 4.69) is 21.2 Å². The molecule has 1 aliphatic heterocycles. The van der Waals surface area contributed by atoms with E-state index >= 15 is 0 Å². The minimum Gasteiger partial charge on any atom is -0.455 e. The van der Waals surface area contributed by atoms with Crippen LogP contribution in [0.3, 0.4) is 0 Å². The Morgan fingerprint density at radius 1 is 1.19 bits per heavy atom. The summed E-state index contributed by atoms with van der Waals surface area (Å²) >= 11 is 3.29. The zero-order valence-corrected chi connectivity index (χ0v) is 15.7. The number of esters is 1. The number of rotatable bonds is 5. The second-order valence-corrected chi connectivity index (χ2v) is 6.94. The van der Waals surface area contributed by atoms with Crippen molar-refractivity contribution in [2.75, 3.05) is 23.4 Å². The van der Waals surface area contributed by atoms with Crippen LogP contribution in [0.1, 0.15) is 6.42 Å². The predicted molar refractivity (Wildman–Crippen MR) is 101 cm³/mol. The molecule has 27 heavy (non-hydrogen) atoms. The van der Waals surface area contributed by atoms with E-state index in [1.54, 1.807) is 30.3 Å². The molecule has 6 nitrogen and oxygen atoms in total. The molecule has 0 spiro atoms. The Kier molecular flexibility index (Phi) is 5.85. The SMILES string of the molecule is O=C(COC(=O)[C@@H]1CC(=O)N(c2ccccc2F)C1)Nc1ccc(Br)cc1. The number of hydrogen-bond acceptors (Lipinski definition) is 4. The maximum atomic E-state index is 13.9. The van der Waals surface area contributed by atoms with Gasteiger partial charge in [0.2, 0.25) is 5.91 Å². The minimum absolute atomic E-state index is 0.0208. The lowest BCUT2D eigenvalue weighted by atomic mass is 10.1. The van der Waals surface area contributed by atoms with Gasteiger partial charge in [0, 0.05) is 23.1 Å². The summed E-state index contributed by atoms with van der Waals surface area (Å²) in [6.45, 7) is -0.438. The highest BCUT2D eigenvalue weighted by Gasteiger charge is 2.37. The summed E-state index contributed by atoms with van der Waals surface area (Å²) in [4.78, 5) is 37.4. The molecule has 0 aliphatic carbocycles. The van der Waals surface area contributed by atoms with Gasteiger partial charge in [-0.25, -0.2) is 4.39 Å². The van der Waals surface area contributed by atoms with Crippen molar-refractivity contribution in [3.63, 3.8) is 0 Å². The van der Waals surface area contributed by atoms with Crippen molar-refractivity contribution in [3.8, 4) is 0 Å². The van der Waals surface area contributed by atoms with Crippen molar-refractivity contribution in [3.05, 3.63) is 58.8 Å². The number of halogens is 2. The second-order valence-electron chi connectivity index (χ2n) is 6.02. The van der Waals surface area contributed by atoms with Gasteiger partial charge in [0.05, 0.1) is 11.6 Å². The Labute approximate surface area is 163 Å². The van der Waals surface area contributed by atoms with Gasteiger partial charge in [0.1, 0.15) is 5.82 Å². The molecule has 3 rings (SSSR count). The normalized spacial score (nSPS) is 16.3. The van der Waals surface area contributed by atoms with E-state index in [1.165, 1.54) is 23.1 Å². The number of para-hydroxylation sites is 1. The van der Waals surface area contributed by atoms with E-state index < -0.39 is 30.2 Å². The molecular formula is C19H16BrFN2O4. The van der Waals surface area contributed by atoms with Crippen LogP contribution in [0.25, 0.3) is 0 Å². The van der Waals surface area contributed by atoms with Gasteiger partial charge in [-0.05, 0) is 36.4 Å². The number of ether oxygens (including phenoxy) is 1. The Hall–Kier alpha value is -2.74. The molecule has 2 aromatic rings. The van der Waals surface area contributed by atoms with Gasteiger partial charge in [0.25, 0.3) is 5.91 Å². The first-order chi connectivity index (χ1) is 12.9. The van der Waals surface area contributed by atoms with Crippen molar-refractivity contribution in [1.82, 2.24) is 0 Å². The third-order valence-electron chi connectivity index (χ3n) is 4.08. The van der Waals surface area contributed by atoms with Crippen LogP contribution >= 0.6 is 15.9 Å². The molecular weight excluding hydrogens is 419 g/mol. The topological polar surface area (TPSA) is 75.7 Å². The van der Waals surface area contributed by atoms with E-state index in [1.807, 2.05) is 0 Å². The number of benzene rings is 2. The Bertz CT molecular complexity index is 872. The Balaban J connectivity index is 1.53. The third kappa shape index (κ3) is 4.71. The molecule has 1 atom stereocenters. The first kappa shape index (κ1) is 19.0. The summed E-state index contributed by atoms with van der Waals surface area (Å²) in [5.74, 6) is -2.78. The van der Waals surface area contributed by atoms with Crippen LogP contribution in [0.2, 0.25) is 0 Å². The summed E-state index contributed by atoms with van der Waals surface area (Å²) < 4.78 is 19.7. The third-order valence-corrected chi connectivity index (χ3v) is 4.60. The van der Waals surface area contributed by atoms with Gasteiger partial charge < -0.3 is 15.0 Å². The highest BCUT2D eigenvalue weighted by Crippen LogP contribution is 2.27. The van der Waals surface area contributed by atoms with Crippen LogP contribution in [-0.4, -0.2) is 30.9 Å². The van der Waals surface area contributed by atoms with Gasteiger partial charge >= 0.3 is 5.97 Å². The molecule has 0 unspecified atom stereocenters. The minimum atomic E-state index is -0.738. The second kappa shape index (κ2) is 8.30. The molecule has 8 heteroatoms. The number of anilines is 2. The summed E-state index contributed by atoms with van der Waals surface area (Å²) in [5.41, 5.74) is 0.701. The van der Waals surface area contributed by atoms with Crippen molar-refractivity contribution >= 4 is 45.1 Å².